The predicted octanol–water partition coefficient (Wildman–Crippen LogP) is 2.43. The second-order valence-electron chi connectivity index (χ2n) is 7.08. The lowest BCUT2D eigenvalue weighted by molar-refractivity contribution is -0.133. The van der Waals surface area contributed by atoms with Gasteiger partial charge in [0.2, 0.25) is 17.7 Å². The maximum atomic E-state index is 12.3. The van der Waals surface area contributed by atoms with Crippen LogP contribution in [0.2, 0.25) is 0 Å². The second kappa shape index (κ2) is 9.36. The first-order chi connectivity index (χ1) is 13.9. The molecule has 1 aliphatic rings. The van der Waals surface area contributed by atoms with Gasteiger partial charge in [0.15, 0.2) is 0 Å². The van der Waals surface area contributed by atoms with Gasteiger partial charge in [-0.2, -0.15) is 4.98 Å². The van der Waals surface area contributed by atoms with Gasteiger partial charge in [-0.05, 0) is 31.9 Å². The van der Waals surface area contributed by atoms with E-state index in [1.165, 1.54) is 6.92 Å². The van der Waals surface area contributed by atoms with E-state index in [-0.39, 0.29) is 24.3 Å². The third-order valence-corrected chi connectivity index (χ3v) is 4.74. The van der Waals surface area contributed by atoms with Crippen molar-refractivity contribution in [3.05, 3.63) is 41.9 Å². The van der Waals surface area contributed by atoms with Crippen LogP contribution in [0.5, 0.6) is 17.4 Å². The van der Waals surface area contributed by atoms with Crippen molar-refractivity contribution >= 4 is 11.8 Å². The van der Waals surface area contributed by atoms with Crippen LogP contribution in [0.1, 0.15) is 37.2 Å². The van der Waals surface area contributed by atoms with E-state index >= 15 is 0 Å². The van der Waals surface area contributed by atoms with E-state index in [2.05, 4.69) is 15.3 Å². The molecule has 1 saturated heterocycles. The van der Waals surface area contributed by atoms with Crippen LogP contribution in [0, 0.1) is 6.92 Å². The summed E-state index contributed by atoms with van der Waals surface area (Å²) in [7, 11) is 1.61. The number of hydrogen-bond donors (Lipinski definition) is 1. The molecule has 2 heterocycles. The highest BCUT2D eigenvalue weighted by Crippen LogP contribution is 2.28. The number of methoxy groups -OCH3 is 1. The van der Waals surface area contributed by atoms with Gasteiger partial charge in [0.1, 0.15) is 17.3 Å². The molecule has 1 aromatic carbocycles. The molecule has 0 radical (unpaired) electrons. The normalized spacial score (nSPS) is 16.2. The third-order valence-electron chi connectivity index (χ3n) is 4.74. The monoisotopic (exact) mass is 398 g/mol. The van der Waals surface area contributed by atoms with Gasteiger partial charge in [0.05, 0.1) is 13.7 Å². The number of benzene rings is 1. The average molecular weight is 398 g/mol. The quantitative estimate of drug-likeness (QED) is 0.803. The molecule has 0 saturated carbocycles. The fraction of sp³-hybridized carbons (Fsp3) is 0.429. The van der Waals surface area contributed by atoms with Gasteiger partial charge < -0.3 is 19.7 Å². The van der Waals surface area contributed by atoms with Crippen molar-refractivity contribution in [2.75, 3.05) is 26.7 Å². The Morgan fingerprint density at radius 2 is 2.03 bits per heavy atom. The minimum absolute atomic E-state index is 0.0148. The van der Waals surface area contributed by atoms with E-state index in [0.717, 1.165) is 18.5 Å². The van der Waals surface area contributed by atoms with Crippen LogP contribution in [0.4, 0.5) is 0 Å². The molecule has 1 N–H and O–H groups in total. The molecule has 8 nitrogen and oxygen atoms in total. The van der Waals surface area contributed by atoms with E-state index in [4.69, 9.17) is 9.47 Å². The number of rotatable bonds is 6. The standard InChI is InChI=1S/C21H26N4O4/c1-14-10-19(29-18-8-4-7-17(11-18)28-3)24-21(23-14)16-6-5-9-25(13-16)20(27)12-22-15(2)26/h4,7-8,10-11,16H,5-6,9,12-13H2,1-3H3,(H,22,26)/t16-/m0/s1. The lowest BCUT2D eigenvalue weighted by atomic mass is 9.97. The van der Waals surface area contributed by atoms with Crippen molar-refractivity contribution in [2.45, 2.75) is 32.6 Å². The van der Waals surface area contributed by atoms with Crippen LogP contribution in [0.3, 0.4) is 0 Å². The number of aryl methyl sites for hydroxylation is 1. The fourth-order valence-electron chi connectivity index (χ4n) is 3.31. The number of nitrogens with one attached hydrogen (secondary N) is 1. The number of hydrogen-bond acceptors (Lipinski definition) is 6. The lowest BCUT2D eigenvalue weighted by Gasteiger charge is -2.32. The third kappa shape index (κ3) is 5.66. The number of amides is 2. The van der Waals surface area contributed by atoms with Crippen LogP contribution in [-0.4, -0.2) is 53.4 Å². The Labute approximate surface area is 170 Å². The summed E-state index contributed by atoms with van der Waals surface area (Å²) in [6.07, 6.45) is 1.76. The predicted molar refractivity (Wildman–Crippen MR) is 107 cm³/mol. The zero-order valence-electron chi connectivity index (χ0n) is 17.0. The Balaban J connectivity index is 1.73. The Morgan fingerprint density at radius 3 is 2.79 bits per heavy atom. The average Bonchev–Trinajstić information content (AvgIpc) is 2.71. The number of likely N-dealkylation sites (tertiary alicyclic amines) is 1. The Morgan fingerprint density at radius 1 is 1.24 bits per heavy atom. The van der Waals surface area contributed by atoms with E-state index in [9.17, 15) is 9.59 Å². The first-order valence-corrected chi connectivity index (χ1v) is 9.64. The number of carbonyl (C=O) groups excluding carboxylic acids is 2. The van der Waals surface area contributed by atoms with Crippen molar-refractivity contribution < 1.29 is 19.1 Å². The van der Waals surface area contributed by atoms with Gasteiger partial charge in [0, 0.05) is 43.8 Å². The van der Waals surface area contributed by atoms with Crippen molar-refractivity contribution in [3.8, 4) is 17.4 Å². The molecule has 154 valence electrons. The number of piperidine rings is 1. The van der Waals surface area contributed by atoms with Gasteiger partial charge >= 0.3 is 0 Å². The van der Waals surface area contributed by atoms with E-state index in [1.54, 1.807) is 24.1 Å². The highest BCUT2D eigenvalue weighted by atomic mass is 16.5. The van der Waals surface area contributed by atoms with Crippen LogP contribution in [0.25, 0.3) is 0 Å². The zero-order chi connectivity index (χ0) is 20.8. The van der Waals surface area contributed by atoms with Crippen molar-refractivity contribution in [2.24, 2.45) is 0 Å². The molecule has 0 bridgehead atoms. The van der Waals surface area contributed by atoms with Gasteiger partial charge in [0.25, 0.3) is 0 Å². The van der Waals surface area contributed by atoms with Crippen molar-refractivity contribution in [1.29, 1.82) is 0 Å². The Bertz CT molecular complexity index is 887. The number of carbonyl (C=O) groups is 2. The summed E-state index contributed by atoms with van der Waals surface area (Å²) < 4.78 is 11.1. The molecule has 1 fully saturated rings. The summed E-state index contributed by atoms with van der Waals surface area (Å²) in [6, 6.07) is 9.11. The minimum atomic E-state index is -0.215. The molecule has 1 aliphatic heterocycles. The second-order valence-corrected chi connectivity index (χ2v) is 7.08. The summed E-state index contributed by atoms with van der Waals surface area (Å²) in [5.41, 5.74) is 0.801. The molecule has 3 rings (SSSR count). The molecular formula is C21H26N4O4. The first-order valence-electron chi connectivity index (χ1n) is 9.64. The summed E-state index contributed by atoms with van der Waals surface area (Å²) >= 11 is 0. The smallest absolute Gasteiger partial charge is 0.241 e. The highest BCUT2D eigenvalue weighted by molar-refractivity contribution is 5.83. The maximum Gasteiger partial charge on any atom is 0.241 e. The summed E-state index contributed by atoms with van der Waals surface area (Å²) in [5, 5.41) is 2.56. The molecule has 2 aromatic rings. The van der Waals surface area contributed by atoms with Crippen LogP contribution in [0.15, 0.2) is 30.3 Å². The molecule has 29 heavy (non-hydrogen) atoms. The van der Waals surface area contributed by atoms with Gasteiger partial charge in [-0.25, -0.2) is 4.98 Å². The Kier molecular flexibility index (Phi) is 6.64. The number of nitrogens with zero attached hydrogens (tertiary/aromatic N) is 3. The molecule has 0 spiro atoms. The maximum absolute atomic E-state index is 12.3. The summed E-state index contributed by atoms with van der Waals surface area (Å²) in [4.78, 5) is 34.3. The highest BCUT2D eigenvalue weighted by Gasteiger charge is 2.27. The van der Waals surface area contributed by atoms with Crippen LogP contribution >= 0.6 is 0 Å². The first kappa shape index (κ1) is 20.6. The largest absolute Gasteiger partial charge is 0.497 e. The molecule has 1 aromatic heterocycles. The summed E-state index contributed by atoms with van der Waals surface area (Å²) in [5.74, 6) is 2.18. The van der Waals surface area contributed by atoms with E-state index < -0.39 is 0 Å². The van der Waals surface area contributed by atoms with Gasteiger partial charge in [-0.3, -0.25) is 9.59 Å². The fourth-order valence-corrected chi connectivity index (χ4v) is 3.31. The molecule has 0 unspecified atom stereocenters. The number of ether oxygens (including phenoxy) is 2. The molecule has 8 heteroatoms. The van der Waals surface area contributed by atoms with Crippen molar-refractivity contribution in [1.82, 2.24) is 20.2 Å². The SMILES string of the molecule is COc1cccc(Oc2cc(C)nc([C@H]3CCCN(C(=O)CNC(C)=O)C3)n2)c1. The zero-order valence-corrected chi connectivity index (χ0v) is 17.0. The lowest BCUT2D eigenvalue weighted by Crippen LogP contribution is -2.44. The van der Waals surface area contributed by atoms with Gasteiger partial charge in [-0.1, -0.05) is 6.07 Å². The van der Waals surface area contributed by atoms with E-state index in [0.29, 0.717) is 36.3 Å². The van der Waals surface area contributed by atoms with Crippen molar-refractivity contribution in [3.63, 3.8) is 0 Å². The van der Waals surface area contributed by atoms with Crippen LogP contribution < -0.4 is 14.8 Å². The topological polar surface area (TPSA) is 93.7 Å². The summed E-state index contributed by atoms with van der Waals surface area (Å²) in [6.45, 7) is 4.51. The molecule has 2 amide bonds. The molecule has 0 aliphatic carbocycles. The van der Waals surface area contributed by atoms with Crippen LogP contribution in [-0.2, 0) is 9.59 Å². The van der Waals surface area contributed by atoms with Gasteiger partial charge in [-0.15, -0.1) is 0 Å². The molecular weight excluding hydrogens is 372 g/mol. The minimum Gasteiger partial charge on any atom is -0.497 e. The van der Waals surface area contributed by atoms with E-state index in [1.807, 2.05) is 25.1 Å². The number of aromatic nitrogens is 2. The molecule has 1 atom stereocenters. The Hall–Kier alpha value is -3.16.